The van der Waals surface area contributed by atoms with Gasteiger partial charge in [0.1, 0.15) is 6.04 Å². The van der Waals surface area contributed by atoms with Crippen LogP contribution in [0.15, 0.2) is 0 Å². The molecule has 0 aromatic rings. The predicted molar refractivity (Wildman–Crippen MR) is 35.1 cm³/mol. The molecule has 0 aliphatic carbocycles. The zero-order valence-electron chi connectivity index (χ0n) is 6.01. The van der Waals surface area contributed by atoms with Crippen LogP contribution in [0.4, 0.5) is 0 Å². The molecule has 3 nitrogen and oxygen atoms in total. The van der Waals surface area contributed by atoms with Gasteiger partial charge in [0.05, 0.1) is 0 Å². The standard InChI is InChI=1S/C6H12N2O/c1-4-5(7-4)6(9)8(2)3/h4-5,7H,1-3H3/t4-,5-/m0/s1. The summed E-state index contributed by atoms with van der Waals surface area (Å²) in [6.07, 6.45) is 0. The van der Waals surface area contributed by atoms with E-state index in [9.17, 15) is 4.79 Å². The van der Waals surface area contributed by atoms with E-state index < -0.39 is 0 Å². The molecule has 1 aliphatic heterocycles. The molecule has 2 atom stereocenters. The molecule has 1 N–H and O–H groups in total. The van der Waals surface area contributed by atoms with Crippen LogP contribution >= 0.6 is 0 Å². The third kappa shape index (κ3) is 1.21. The fourth-order valence-electron chi connectivity index (χ4n) is 0.791. The maximum Gasteiger partial charge on any atom is 0.240 e. The van der Waals surface area contributed by atoms with E-state index in [1.165, 1.54) is 0 Å². The smallest absolute Gasteiger partial charge is 0.240 e. The molecule has 52 valence electrons. The van der Waals surface area contributed by atoms with Gasteiger partial charge in [-0.15, -0.1) is 0 Å². The summed E-state index contributed by atoms with van der Waals surface area (Å²) in [5.41, 5.74) is 0. The zero-order valence-corrected chi connectivity index (χ0v) is 6.01. The molecule has 1 saturated heterocycles. The topological polar surface area (TPSA) is 42.3 Å². The van der Waals surface area contributed by atoms with E-state index in [0.717, 1.165) is 0 Å². The van der Waals surface area contributed by atoms with Crippen molar-refractivity contribution in [1.29, 1.82) is 0 Å². The van der Waals surface area contributed by atoms with Gasteiger partial charge in [-0.1, -0.05) is 0 Å². The molecule has 0 unspecified atom stereocenters. The molecule has 0 bridgehead atoms. The van der Waals surface area contributed by atoms with E-state index in [-0.39, 0.29) is 11.9 Å². The predicted octanol–water partition coefficient (Wildman–Crippen LogP) is -0.565. The van der Waals surface area contributed by atoms with Crippen molar-refractivity contribution in [1.82, 2.24) is 10.2 Å². The van der Waals surface area contributed by atoms with E-state index in [1.807, 2.05) is 6.92 Å². The Morgan fingerprint density at radius 3 is 2.11 bits per heavy atom. The van der Waals surface area contributed by atoms with Crippen LogP contribution in [-0.2, 0) is 4.79 Å². The van der Waals surface area contributed by atoms with Crippen molar-refractivity contribution in [2.24, 2.45) is 0 Å². The highest BCUT2D eigenvalue weighted by molar-refractivity contribution is 5.85. The molecule has 0 saturated carbocycles. The molecule has 1 heterocycles. The number of hydrogen-bond acceptors (Lipinski definition) is 2. The lowest BCUT2D eigenvalue weighted by Crippen LogP contribution is -2.28. The highest BCUT2D eigenvalue weighted by Gasteiger charge is 2.38. The molecular formula is C6H12N2O. The quantitative estimate of drug-likeness (QED) is 0.481. The first-order chi connectivity index (χ1) is 4.13. The van der Waals surface area contributed by atoms with Crippen molar-refractivity contribution in [3.8, 4) is 0 Å². The number of nitrogens with one attached hydrogen (secondary N) is 1. The van der Waals surface area contributed by atoms with Crippen molar-refractivity contribution in [2.45, 2.75) is 19.0 Å². The SMILES string of the molecule is C[C@@H]1N[C@@H]1C(=O)N(C)C. The molecule has 0 aromatic heterocycles. The van der Waals surface area contributed by atoms with Gasteiger partial charge in [-0.05, 0) is 6.92 Å². The minimum absolute atomic E-state index is 0.0972. The molecular weight excluding hydrogens is 116 g/mol. The maximum absolute atomic E-state index is 11.0. The van der Waals surface area contributed by atoms with Gasteiger partial charge < -0.3 is 4.90 Å². The Bertz CT molecular complexity index is 133. The summed E-state index contributed by atoms with van der Waals surface area (Å²) >= 11 is 0. The summed E-state index contributed by atoms with van der Waals surface area (Å²) in [6, 6.07) is 0.486. The number of nitrogens with zero attached hydrogens (tertiary/aromatic N) is 1. The molecule has 1 rings (SSSR count). The summed E-state index contributed by atoms with van der Waals surface area (Å²) in [5.74, 6) is 0.183. The van der Waals surface area contributed by atoms with Crippen LogP contribution in [0.2, 0.25) is 0 Å². The van der Waals surface area contributed by atoms with Crippen LogP contribution < -0.4 is 5.32 Å². The first-order valence-corrected chi connectivity index (χ1v) is 3.10. The molecule has 0 radical (unpaired) electrons. The molecule has 3 heteroatoms. The van der Waals surface area contributed by atoms with Gasteiger partial charge in [0.2, 0.25) is 5.91 Å². The molecule has 9 heavy (non-hydrogen) atoms. The lowest BCUT2D eigenvalue weighted by atomic mass is 10.3. The van der Waals surface area contributed by atoms with Gasteiger partial charge >= 0.3 is 0 Å². The van der Waals surface area contributed by atoms with Crippen LogP contribution in [0.1, 0.15) is 6.92 Å². The monoisotopic (exact) mass is 128 g/mol. The average Bonchev–Trinajstić information content (AvgIpc) is 2.44. The Hall–Kier alpha value is -0.570. The summed E-state index contributed by atoms with van der Waals surface area (Å²) < 4.78 is 0. The van der Waals surface area contributed by atoms with E-state index >= 15 is 0 Å². The maximum atomic E-state index is 11.0. The van der Waals surface area contributed by atoms with Crippen molar-refractivity contribution in [3.63, 3.8) is 0 Å². The van der Waals surface area contributed by atoms with E-state index in [2.05, 4.69) is 5.32 Å². The first kappa shape index (κ1) is 6.55. The molecule has 1 amide bonds. The Labute approximate surface area is 55.0 Å². The fourth-order valence-corrected chi connectivity index (χ4v) is 0.791. The average molecular weight is 128 g/mol. The molecule has 0 spiro atoms. The minimum atomic E-state index is 0.0972. The highest BCUT2D eigenvalue weighted by Crippen LogP contribution is 2.10. The second-order valence-corrected chi connectivity index (χ2v) is 2.67. The summed E-state index contributed by atoms with van der Waals surface area (Å²) in [7, 11) is 3.55. The summed E-state index contributed by atoms with van der Waals surface area (Å²) in [6.45, 7) is 2.01. The molecule has 1 fully saturated rings. The van der Waals surface area contributed by atoms with Crippen molar-refractivity contribution < 1.29 is 4.79 Å². The number of carbonyl (C=O) groups excluding carboxylic acids is 1. The van der Waals surface area contributed by atoms with Gasteiger partial charge in [0.15, 0.2) is 0 Å². The van der Waals surface area contributed by atoms with Crippen LogP contribution in [0.25, 0.3) is 0 Å². The lowest BCUT2D eigenvalue weighted by Gasteiger charge is -2.07. The Morgan fingerprint density at radius 1 is 1.56 bits per heavy atom. The van der Waals surface area contributed by atoms with Crippen LogP contribution in [0, 0.1) is 0 Å². The minimum Gasteiger partial charge on any atom is -0.347 e. The first-order valence-electron chi connectivity index (χ1n) is 3.10. The third-order valence-electron chi connectivity index (χ3n) is 1.54. The normalized spacial score (nSPS) is 31.9. The van der Waals surface area contributed by atoms with E-state index in [1.54, 1.807) is 19.0 Å². The van der Waals surface area contributed by atoms with Crippen molar-refractivity contribution in [2.75, 3.05) is 14.1 Å². The second kappa shape index (κ2) is 1.99. The largest absolute Gasteiger partial charge is 0.347 e. The van der Waals surface area contributed by atoms with Gasteiger partial charge in [-0.2, -0.15) is 0 Å². The number of amides is 1. The fraction of sp³-hybridized carbons (Fsp3) is 0.833. The van der Waals surface area contributed by atoms with Gasteiger partial charge in [0, 0.05) is 20.1 Å². The zero-order chi connectivity index (χ0) is 7.02. The number of carbonyl (C=O) groups is 1. The Balaban J connectivity index is 2.36. The Kier molecular flexibility index (Phi) is 1.45. The highest BCUT2D eigenvalue weighted by atomic mass is 16.2. The van der Waals surface area contributed by atoms with E-state index in [0.29, 0.717) is 6.04 Å². The van der Waals surface area contributed by atoms with Gasteiger partial charge in [0.25, 0.3) is 0 Å². The number of likely N-dealkylation sites (N-methyl/N-ethyl adjacent to an activating group) is 1. The van der Waals surface area contributed by atoms with Crippen molar-refractivity contribution in [3.05, 3.63) is 0 Å². The number of rotatable bonds is 1. The summed E-state index contributed by atoms with van der Waals surface area (Å²) in [5, 5.41) is 3.02. The lowest BCUT2D eigenvalue weighted by molar-refractivity contribution is -0.128. The van der Waals surface area contributed by atoms with Crippen molar-refractivity contribution >= 4 is 5.91 Å². The Morgan fingerprint density at radius 2 is 2.00 bits per heavy atom. The van der Waals surface area contributed by atoms with Crippen LogP contribution in [0.5, 0.6) is 0 Å². The summed E-state index contributed by atoms with van der Waals surface area (Å²) in [4.78, 5) is 12.6. The second-order valence-electron chi connectivity index (χ2n) is 2.67. The van der Waals surface area contributed by atoms with Gasteiger partial charge in [-0.25, -0.2) is 0 Å². The molecule has 1 aliphatic rings. The third-order valence-corrected chi connectivity index (χ3v) is 1.54. The van der Waals surface area contributed by atoms with Crippen LogP contribution in [0.3, 0.4) is 0 Å². The number of hydrogen-bond donors (Lipinski definition) is 1. The molecule has 0 aromatic carbocycles. The van der Waals surface area contributed by atoms with E-state index in [4.69, 9.17) is 0 Å². The van der Waals surface area contributed by atoms with Gasteiger partial charge in [-0.3, -0.25) is 10.1 Å². The van der Waals surface area contributed by atoms with Crippen LogP contribution in [-0.4, -0.2) is 37.0 Å².